The fourth-order valence-electron chi connectivity index (χ4n) is 3.91. The zero-order chi connectivity index (χ0) is 24.7. The monoisotopic (exact) mass is 486 g/mol. The molecule has 5 rings (SSSR count). The second kappa shape index (κ2) is 8.84. The normalized spacial score (nSPS) is 14.7. The Balaban J connectivity index is 1.28. The molecule has 3 aromatic carbocycles. The van der Waals surface area contributed by atoms with E-state index in [0.717, 1.165) is 4.90 Å². The number of carbonyl (C=O) groups excluding carboxylic acids is 5. The Morgan fingerprint density at radius 3 is 2.34 bits per heavy atom. The molecule has 0 aromatic heterocycles. The number of amides is 2. The Labute approximate surface area is 204 Å². The maximum Gasteiger partial charge on any atom is 0.338 e. The summed E-state index contributed by atoms with van der Waals surface area (Å²) in [7, 11) is 0. The Morgan fingerprint density at radius 1 is 0.914 bits per heavy atom. The van der Waals surface area contributed by atoms with Crippen LogP contribution in [0.15, 0.2) is 65.6 Å². The van der Waals surface area contributed by atoms with Gasteiger partial charge in [-0.3, -0.25) is 19.2 Å². The largest absolute Gasteiger partial charge is 0.449 e. The zero-order valence-corrected chi connectivity index (χ0v) is 19.2. The van der Waals surface area contributed by atoms with Gasteiger partial charge in [-0.1, -0.05) is 24.3 Å². The van der Waals surface area contributed by atoms with Crippen molar-refractivity contribution in [1.29, 1.82) is 0 Å². The third kappa shape index (κ3) is 4.22. The quantitative estimate of drug-likeness (QED) is 0.422. The number of ketones is 2. The summed E-state index contributed by atoms with van der Waals surface area (Å²) in [6.07, 6.45) is -1.14. The average Bonchev–Trinajstić information content (AvgIpc) is 2.86. The lowest BCUT2D eigenvalue weighted by molar-refractivity contribution is -0.123. The number of hydrogen-bond acceptors (Lipinski definition) is 7. The second-order valence-corrected chi connectivity index (χ2v) is 9.07. The van der Waals surface area contributed by atoms with Crippen molar-refractivity contribution in [3.05, 3.63) is 88.5 Å². The van der Waals surface area contributed by atoms with Crippen LogP contribution in [0.4, 0.5) is 11.4 Å². The van der Waals surface area contributed by atoms with Crippen LogP contribution in [0.25, 0.3) is 0 Å². The first-order chi connectivity index (χ1) is 16.8. The Bertz CT molecular complexity index is 1450. The van der Waals surface area contributed by atoms with Crippen molar-refractivity contribution in [3.8, 4) is 0 Å². The number of hydrogen-bond donors (Lipinski definition) is 2. The summed E-state index contributed by atoms with van der Waals surface area (Å²) in [6, 6.07) is 15.8. The van der Waals surface area contributed by atoms with Crippen LogP contribution in [0.1, 0.15) is 49.1 Å². The van der Waals surface area contributed by atoms with Crippen molar-refractivity contribution < 1.29 is 28.7 Å². The lowest BCUT2D eigenvalue weighted by atomic mass is 9.84. The topological polar surface area (TPSA) is 119 Å². The van der Waals surface area contributed by atoms with E-state index < -0.39 is 18.0 Å². The molecule has 0 saturated carbocycles. The molecule has 174 valence electrons. The smallest absolute Gasteiger partial charge is 0.338 e. The summed E-state index contributed by atoms with van der Waals surface area (Å²) in [5.74, 6) is -1.73. The molecule has 1 unspecified atom stereocenters. The van der Waals surface area contributed by atoms with E-state index >= 15 is 0 Å². The summed E-state index contributed by atoms with van der Waals surface area (Å²) >= 11 is 1.37. The van der Waals surface area contributed by atoms with Gasteiger partial charge in [-0.2, -0.15) is 0 Å². The van der Waals surface area contributed by atoms with Crippen molar-refractivity contribution in [1.82, 2.24) is 0 Å². The first-order valence-corrected chi connectivity index (χ1v) is 11.7. The highest BCUT2D eigenvalue weighted by molar-refractivity contribution is 8.00. The van der Waals surface area contributed by atoms with Gasteiger partial charge < -0.3 is 15.4 Å². The summed E-state index contributed by atoms with van der Waals surface area (Å²) in [5.41, 5.74) is 2.15. The molecule has 1 atom stereocenters. The van der Waals surface area contributed by atoms with E-state index in [4.69, 9.17) is 4.74 Å². The lowest BCUT2D eigenvalue weighted by Gasteiger charge is -2.19. The van der Waals surface area contributed by atoms with Crippen LogP contribution in [-0.2, 0) is 14.3 Å². The molecule has 1 aliphatic carbocycles. The molecule has 8 nitrogen and oxygen atoms in total. The molecule has 35 heavy (non-hydrogen) atoms. The number of fused-ring (bicyclic) bond motifs is 3. The molecule has 9 heteroatoms. The molecule has 0 bridgehead atoms. The maximum atomic E-state index is 12.9. The number of rotatable bonds is 4. The SMILES string of the molecule is CC(OC(=O)c1ccc2c(c1)NC(=O)CS2)C(=O)Nc1ccc2c(c1)C(=O)c1ccccc1C2=O. The van der Waals surface area contributed by atoms with Gasteiger partial charge in [-0.15, -0.1) is 11.8 Å². The van der Waals surface area contributed by atoms with Gasteiger partial charge in [0.25, 0.3) is 5.91 Å². The van der Waals surface area contributed by atoms with Gasteiger partial charge in [-0.05, 0) is 43.3 Å². The molecule has 3 aromatic rings. The average molecular weight is 487 g/mol. The number of anilines is 2. The molecular formula is C26H18N2O6S. The van der Waals surface area contributed by atoms with Gasteiger partial charge in [-0.25, -0.2) is 4.79 Å². The standard InChI is InChI=1S/C26H18N2O6S/c1-13(34-26(33)14-6-9-21-20(10-14)28-22(29)12-35-21)25(32)27-15-7-8-18-19(11-15)24(31)17-5-3-2-4-16(17)23(18)30/h2-11,13H,12H2,1H3,(H,27,32)(H,28,29). The number of carbonyl (C=O) groups is 5. The van der Waals surface area contributed by atoms with E-state index in [0.29, 0.717) is 28.3 Å². The maximum absolute atomic E-state index is 12.9. The minimum Gasteiger partial charge on any atom is -0.449 e. The van der Waals surface area contributed by atoms with Crippen LogP contribution >= 0.6 is 11.8 Å². The van der Waals surface area contributed by atoms with Crippen LogP contribution in [0.5, 0.6) is 0 Å². The number of nitrogens with one attached hydrogen (secondary N) is 2. The predicted octanol–water partition coefficient (Wildman–Crippen LogP) is 3.69. The number of benzene rings is 3. The van der Waals surface area contributed by atoms with Gasteiger partial charge in [0.1, 0.15) is 0 Å². The van der Waals surface area contributed by atoms with Crippen LogP contribution in [-0.4, -0.2) is 41.2 Å². The number of ether oxygens (including phenoxy) is 1. The molecule has 1 heterocycles. The number of esters is 1. The summed E-state index contributed by atoms with van der Waals surface area (Å²) < 4.78 is 5.29. The second-order valence-electron chi connectivity index (χ2n) is 8.05. The molecule has 1 aliphatic heterocycles. The Morgan fingerprint density at radius 2 is 1.60 bits per heavy atom. The van der Waals surface area contributed by atoms with Gasteiger partial charge in [0, 0.05) is 32.8 Å². The molecule has 0 spiro atoms. The first kappa shape index (κ1) is 22.5. The summed E-state index contributed by atoms with van der Waals surface area (Å²) in [6.45, 7) is 1.42. The van der Waals surface area contributed by atoms with Gasteiger partial charge in [0.2, 0.25) is 5.91 Å². The molecule has 2 aliphatic rings. The third-order valence-corrected chi connectivity index (χ3v) is 6.77. The highest BCUT2D eigenvalue weighted by Gasteiger charge is 2.30. The Hall–Kier alpha value is -4.24. The van der Waals surface area contributed by atoms with E-state index in [1.807, 2.05) is 0 Å². The van der Waals surface area contributed by atoms with Gasteiger partial charge >= 0.3 is 5.97 Å². The van der Waals surface area contributed by atoms with E-state index in [9.17, 15) is 24.0 Å². The zero-order valence-electron chi connectivity index (χ0n) is 18.4. The lowest BCUT2D eigenvalue weighted by Crippen LogP contribution is -2.30. The first-order valence-electron chi connectivity index (χ1n) is 10.7. The van der Waals surface area contributed by atoms with E-state index in [-0.39, 0.29) is 34.2 Å². The Kier molecular flexibility index (Phi) is 5.70. The summed E-state index contributed by atoms with van der Waals surface area (Å²) in [4.78, 5) is 63.3. The molecular weight excluding hydrogens is 468 g/mol. The highest BCUT2D eigenvalue weighted by atomic mass is 32.2. The van der Waals surface area contributed by atoms with Crippen LogP contribution in [0, 0.1) is 0 Å². The van der Waals surface area contributed by atoms with Crippen LogP contribution in [0.3, 0.4) is 0 Å². The van der Waals surface area contributed by atoms with E-state index in [1.54, 1.807) is 36.4 Å². The molecule has 0 saturated heterocycles. The third-order valence-electron chi connectivity index (χ3n) is 5.69. The van der Waals surface area contributed by atoms with Crippen LogP contribution < -0.4 is 10.6 Å². The fourth-order valence-corrected chi connectivity index (χ4v) is 4.70. The predicted molar refractivity (Wildman–Crippen MR) is 129 cm³/mol. The highest BCUT2D eigenvalue weighted by Crippen LogP contribution is 2.32. The fraction of sp³-hybridized carbons (Fsp3) is 0.115. The molecule has 2 N–H and O–H groups in total. The molecule has 0 fully saturated rings. The van der Waals surface area contributed by atoms with Crippen LogP contribution in [0.2, 0.25) is 0 Å². The number of thioether (sulfide) groups is 1. The van der Waals surface area contributed by atoms with E-state index in [1.165, 1.54) is 43.0 Å². The summed E-state index contributed by atoms with van der Waals surface area (Å²) in [5, 5.41) is 5.33. The van der Waals surface area contributed by atoms with Crippen molar-refractivity contribution in [2.75, 3.05) is 16.4 Å². The minimum atomic E-state index is -1.14. The minimum absolute atomic E-state index is 0.158. The van der Waals surface area contributed by atoms with Crippen molar-refractivity contribution >= 4 is 52.5 Å². The van der Waals surface area contributed by atoms with E-state index in [2.05, 4.69) is 10.6 Å². The molecule has 2 amide bonds. The van der Waals surface area contributed by atoms with Crippen molar-refractivity contribution in [2.24, 2.45) is 0 Å². The van der Waals surface area contributed by atoms with Gasteiger partial charge in [0.05, 0.1) is 17.0 Å². The van der Waals surface area contributed by atoms with Crippen molar-refractivity contribution in [2.45, 2.75) is 17.9 Å². The van der Waals surface area contributed by atoms with Gasteiger partial charge in [0.15, 0.2) is 17.7 Å². The van der Waals surface area contributed by atoms with Crippen molar-refractivity contribution in [3.63, 3.8) is 0 Å². The molecule has 0 radical (unpaired) electrons.